The highest BCUT2D eigenvalue weighted by Gasteiger charge is 2.05. The smallest absolute Gasteiger partial charge is 0.385 e. The minimum Gasteiger partial charge on any atom is -1.00 e. The summed E-state index contributed by atoms with van der Waals surface area (Å²) >= 11 is 0. The average Bonchev–Trinajstić information content (AvgIpc) is 2.17. The van der Waals surface area contributed by atoms with Gasteiger partial charge >= 0.3 is 11.3 Å². The first-order valence-electron chi connectivity index (χ1n) is 3.68. The zero-order valence-electron chi connectivity index (χ0n) is 6.98. The Morgan fingerprint density at radius 3 is 2.71 bits per heavy atom. The second-order valence-electron chi connectivity index (χ2n) is 2.58. The van der Waals surface area contributed by atoms with Gasteiger partial charge in [-0.1, -0.05) is 0 Å². The molecule has 2 rings (SSSR count). The molecule has 1 heterocycles. The Kier molecular flexibility index (Phi) is 2.85. The van der Waals surface area contributed by atoms with E-state index >= 15 is 0 Å². The fourth-order valence-corrected chi connectivity index (χ4v) is 1.12. The van der Waals surface area contributed by atoms with E-state index in [1.54, 1.807) is 24.3 Å². The standard InChI is InChI=1S/C9H5N2O2.ClH/c10-11-7-2-3-8-6(5-7)1-4-9(12)13-8;/h1-5H;1H/q+1;/p-1. The zero-order valence-corrected chi connectivity index (χ0v) is 7.73. The second kappa shape index (κ2) is 3.90. The van der Waals surface area contributed by atoms with Crippen molar-refractivity contribution in [2.45, 2.75) is 0 Å². The molecule has 0 amide bonds. The summed E-state index contributed by atoms with van der Waals surface area (Å²) in [6.07, 6.45) is 0. The van der Waals surface area contributed by atoms with E-state index in [-0.39, 0.29) is 18.0 Å². The number of rotatable bonds is 0. The van der Waals surface area contributed by atoms with Crippen LogP contribution in [0.15, 0.2) is 39.5 Å². The molecule has 0 saturated heterocycles. The molecule has 0 saturated carbocycles. The third-order valence-corrected chi connectivity index (χ3v) is 1.72. The van der Waals surface area contributed by atoms with Gasteiger partial charge in [0.25, 0.3) is 0 Å². The Bertz CT molecular complexity index is 556. The molecular formula is C9H5ClN2O2. The molecule has 0 bridgehead atoms. The minimum absolute atomic E-state index is 0. The maximum absolute atomic E-state index is 10.8. The summed E-state index contributed by atoms with van der Waals surface area (Å²) in [5, 5.41) is 9.22. The van der Waals surface area contributed by atoms with Crippen LogP contribution in [0.3, 0.4) is 0 Å². The summed E-state index contributed by atoms with van der Waals surface area (Å²) in [6, 6.07) is 7.72. The molecule has 0 spiro atoms. The van der Waals surface area contributed by atoms with Crippen molar-refractivity contribution in [1.82, 2.24) is 0 Å². The number of benzene rings is 1. The third-order valence-electron chi connectivity index (χ3n) is 1.72. The van der Waals surface area contributed by atoms with E-state index in [0.29, 0.717) is 11.3 Å². The molecule has 0 atom stereocenters. The summed E-state index contributed by atoms with van der Waals surface area (Å²) in [5.41, 5.74) is 0.530. The molecule has 1 aromatic heterocycles. The Morgan fingerprint density at radius 2 is 2.00 bits per heavy atom. The molecule has 0 radical (unpaired) electrons. The maximum Gasteiger partial charge on any atom is 0.385 e. The highest BCUT2D eigenvalue weighted by molar-refractivity contribution is 5.80. The van der Waals surface area contributed by atoms with Crippen LogP contribution >= 0.6 is 0 Å². The SMILES string of the molecule is N#[N+]c1ccc2oc(=O)ccc2c1.[Cl-]. The Labute approximate surface area is 85.2 Å². The first-order chi connectivity index (χ1) is 6.29. The molecule has 0 unspecified atom stereocenters. The number of nitrogens with zero attached hydrogens (tertiary/aromatic N) is 2. The average molecular weight is 209 g/mol. The number of halogens is 1. The molecule has 4 nitrogen and oxygen atoms in total. The lowest BCUT2D eigenvalue weighted by molar-refractivity contribution is -0.00000336. The van der Waals surface area contributed by atoms with Crippen molar-refractivity contribution in [2.75, 3.05) is 0 Å². The highest BCUT2D eigenvalue weighted by Crippen LogP contribution is 2.19. The lowest BCUT2D eigenvalue weighted by Gasteiger charge is -1.90. The normalized spacial score (nSPS) is 9.07. The van der Waals surface area contributed by atoms with Crippen LogP contribution in [0, 0.1) is 5.39 Å². The van der Waals surface area contributed by atoms with Gasteiger partial charge in [-0.25, -0.2) is 4.79 Å². The van der Waals surface area contributed by atoms with Gasteiger partial charge < -0.3 is 16.8 Å². The molecule has 0 aliphatic carbocycles. The summed E-state index contributed by atoms with van der Waals surface area (Å²) < 4.78 is 4.88. The van der Waals surface area contributed by atoms with E-state index in [0.717, 1.165) is 5.39 Å². The lowest BCUT2D eigenvalue weighted by Crippen LogP contribution is -3.00. The van der Waals surface area contributed by atoms with E-state index in [1.165, 1.54) is 6.07 Å². The largest absolute Gasteiger partial charge is 1.00 e. The fraction of sp³-hybridized carbons (Fsp3) is 0. The van der Waals surface area contributed by atoms with Crippen LogP contribution in [0.5, 0.6) is 0 Å². The Balaban J connectivity index is 0.000000980. The number of hydrogen-bond donors (Lipinski definition) is 0. The van der Waals surface area contributed by atoms with Crippen molar-refractivity contribution in [3.05, 3.63) is 45.7 Å². The molecule has 2 aromatic rings. The van der Waals surface area contributed by atoms with Gasteiger partial charge in [0.05, 0.1) is 0 Å². The molecule has 14 heavy (non-hydrogen) atoms. The number of fused-ring (bicyclic) bond motifs is 1. The first-order valence-corrected chi connectivity index (χ1v) is 3.68. The van der Waals surface area contributed by atoms with Gasteiger partial charge in [0, 0.05) is 23.6 Å². The fourth-order valence-electron chi connectivity index (χ4n) is 1.12. The first kappa shape index (κ1) is 10.2. The Morgan fingerprint density at radius 1 is 1.21 bits per heavy atom. The minimum atomic E-state index is -0.388. The highest BCUT2D eigenvalue weighted by atomic mass is 35.5. The van der Waals surface area contributed by atoms with Crippen molar-refractivity contribution < 1.29 is 16.8 Å². The van der Waals surface area contributed by atoms with Crippen LogP contribution in [-0.4, -0.2) is 0 Å². The second-order valence-corrected chi connectivity index (χ2v) is 2.58. The summed E-state index contributed by atoms with van der Waals surface area (Å²) in [6.45, 7) is 0. The maximum atomic E-state index is 10.8. The van der Waals surface area contributed by atoms with Crippen LogP contribution in [0.4, 0.5) is 5.69 Å². The topological polar surface area (TPSA) is 58.4 Å². The summed E-state index contributed by atoms with van der Waals surface area (Å²) in [4.78, 5) is 13.8. The monoisotopic (exact) mass is 208 g/mol. The van der Waals surface area contributed by atoms with Gasteiger partial charge in [-0.2, -0.15) is 0 Å². The van der Waals surface area contributed by atoms with Crippen LogP contribution in [-0.2, 0) is 0 Å². The van der Waals surface area contributed by atoms with E-state index in [4.69, 9.17) is 9.81 Å². The van der Waals surface area contributed by atoms with Crippen LogP contribution in [0.25, 0.3) is 15.9 Å². The third kappa shape index (κ3) is 1.73. The van der Waals surface area contributed by atoms with Gasteiger partial charge in [-0.15, -0.1) is 0 Å². The number of diazo groups is 1. The molecule has 0 fully saturated rings. The number of hydrogen-bond acceptors (Lipinski definition) is 3. The van der Waals surface area contributed by atoms with Crippen molar-refractivity contribution >= 4 is 16.7 Å². The van der Waals surface area contributed by atoms with Gasteiger partial charge in [0.1, 0.15) is 5.58 Å². The molecule has 0 N–H and O–H groups in total. The zero-order chi connectivity index (χ0) is 9.26. The van der Waals surface area contributed by atoms with Gasteiger partial charge in [0.15, 0.2) is 4.98 Å². The van der Waals surface area contributed by atoms with Crippen molar-refractivity contribution in [1.29, 1.82) is 5.39 Å². The predicted octanol–water partition coefficient (Wildman–Crippen LogP) is -0.718. The quantitative estimate of drug-likeness (QED) is 0.424. The van der Waals surface area contributed by atoms with E-state index < -0.39 is 0 Å². The molecule has 1 aromatic carbocycles. The van der Waals surface area contributed by atoms with Crippen LogP contribution in [0.1, 0.15) is 0 Å². The Hall–Kier alpha value is -1.86. The molecule has 5 heteroatoms. The van der Waals surface area contributed by atoms with E-state index in [2.05, 4.69) is 4.98 Å². The predicted molar refractivity (Wildman–Crippen MR) is 47.2 cm³/mol. The van der Waals surface area contributed by atoms with Gasteiger partial charge in [0.2, 0.25) is 5.39 Å². The van der Waals surface area contributed by atoms with E-state index in [9.17, 15) is 4.79 Å². The molecule has 0 aliphatic heterocycles. The van der Waals surface area contributed by atoms with Gasteiger partial charge in [-0.05, 0) is 12.1 Å². The van der Waals surface area contributed by atoms with Crippen molar-refractivity contribution in [2.24, 2.45) is 0 Å². The molecule has 70 valence electrons. The summed E-state index contributed by atoms with van der Waals surface area (Å²) in [5.74, 6) is 0. The molecule has 0 aliphatic rings. The van der Waals surface area contributed by atoms with Crippen molar-refractivity contribution in [3.63, 3.8) is 0 Å². The van der Waals surface area contributed by atoms with Crippen LogP contribution < -0.4 is 18.0 Å². The summed E-state index contributed by atoms with van der Waals surface area (Å²) in [7, 11) is 0. The van der Waals surface area contributed by atoms with Crippen molar-refractivity contribution in [3.8, 4) is 0 Å². The molecular weight excluding hydrogens is 204 g/mol. The lowest BCUT2D eigenvalue weighted by atomic mass is 10.2. The van der Waals surface area contributed by atoms with Gasteiger partial charge in [-0.3, -0.25) is 0 Å². The van der Waals surface area contributed by atoms with E-state index in [1.807, 2.05) is 0 Å². The van der Waals surface area contributed by atoms with Crippen LogP contribution in [0.2, 0.25) is 0 Å².